The Balaban J connectivity index is 1.68. The summed E-state index contributed by atoms with van der Waals surface area (Å²) in [4.78, 5) is 7.52. The number of hydrogen-bond donors (Lipinski definition) is 2. The van der Waals surface area contributed by atoms with Crippen LogP contribution in [-0.4, -0.2) is 34.8 Å². The van der Waals surface area contributed by atoms with E-state index in [1.807, 2.05) is 18.2 Å². The molecule has 2 aliphatic rings. The maximum absolute atomic E-state index is 10.1. The number of aromatic amines is 1. The summed E-state index contributed by atoms with van der Waals surface area (Å²) in [6.07, 6.45) is 8.29. The molecule has 1 fully saturated rings. The number of H-pyrrole nitrogens is 1. The van der Waals surface area contributed by atoms with Crippen LogP contribution in [0.15, 0.2) is 24.4 Å². The predicted molar refractivity (Wildman–Crippen MR) is 90.0 cm³/mol. The standard InChI is InChI=1S/C17H21BN2O3/c1-2-22-12-5-3-11(4-6-12)14-9-18(21)23-15-10-20-17-13(16(14)15)7-8-19-17/h7-12,21H,2-6H2,1H3,(H,19,20). The maximum atomic E-state index is 10.1. The average Bonchev–Trinajstić information content (AvgIpc) is 3.03. The Morgan fingerprint density at radius 2 is 2.22 bits per heavy atom. The normalized spacial score (nSPS) is 24.3. The van der Waals surface area contributed by atoms with Crippen LogP contribution in [0, 0.1) is 5.92 Å². The van der Waals surface area contributed by atoms with Gasteiger partial charge in [0.2, 0.25) is 0 Å². The van der Waals surface area contributed by atoms with E-state index in [0.717, 1.165) is 48.9 Å². The Hall–Kier alpha value is -1.79. The highest BCUT2D eigenvalue weighted by Gasteiger charge is 2.32. The van der Waals surface area contributed by atoms with Gasteiger partial charge < -0.3 is 19.4 Å². The first-order chi connectivity index (χ1) is 11.3. The molecule has 0 atom stereocenters. The first kappa shape index (κ1) is 14.8. The Kier molecular flexibility index (Phi) is 3.87. The molecule has 6 heteroatoms. The second kappa shape index (κ2) is 6.02. The molecule has 0 spiro atoms. The summed E-state index contributed by atoms with van der Waals surface area (Å²) in [7, 11) is -0.889. The third-order valence-electron chi connectivity index (χ3n) is 4.93. The van der Waals surface area contributed by atoms with Crippen molar-refractivity contribution in [2.24, 2.45) is 5.92 Å². The molecule has 1 aliphatic carbocycles. The highest BCUT2D eigenvalue weighted by molar-refractivity contribution is 6.52. The van der Waals surface area contributed by atoms with Crippen LogP contribution in [0.5, 0.6) is 5.75 Å². The van der Waals surface area contributed by atoms with Crippen LogP contribution in [0.2, 0.25) is 0 Å². The van der Waals surface area contributed by atoms with Crippen molar-refractivity contribution >= 4 is 23.7 Å². The smallest absolute Gasteiger partial charge is 0.531 e. The van der Waals surface area contributed by atoms with Crippen LogP contribution in [-0.2, 0) is 4.74 Å². The van der Waals surface area contributed by atoms with E-state index in [1.54, 1.807) is 6.20 Å². The molecule has 4 rings (SSSR count). The van der Waals surface area contributed by atoms with E-state index >= 15 is 0 Å². The van der Waals surface area contributed by atoms with Gasteiger partial charge in [-0.05, 0) is 56.1 Å². The summed E-state index contributed by atoms with van der Waals surface area (Å²) in [6, 6.07) is 2.03. The van der Waals surface area contributed by atoms with Crippen LogP contribution in [0.4, 0.5) is 0 Å². The number of fused-ring (bicyclic) bond motifs is 3. The van der Waals surface area contributed by atoms with Gasteiger partial charge in [0.05, 0.1) is 12.3 Å². The molecular formula is C17H21BN2O3. The van der Waals surface area contributed by atoms with Gasteiger partial charge in [-0.3, -0.25) is 0 Å². The zero-order valence-electron chi connectivity index (χ0n) is 13.3. The van der Waals surface area contributed by atoms with Crippen LogP contribution in [0.1, 0.15) is 38.2 Å². The number of nitrogens with one attached hydrogen (secondary N) is 1. The van der Waals surface area contributed by atoms with Crippen LogP contribution < -0.4 is 4.65 Å². The molecule has 0 unspecified atom stereocenters. The van der Waals surface area contributed by atoms with Crippen molar-refractivity contribution in [3.63, 3.8) is 0 Å². The van der Waals surface area contributed by atoms with Crippen molar-refractivity contribution in [1.82, 2.24) is 9.97 Å². The maximum Gasteiger partial charge on any atom is 0.552 e. The molecule has 0 radical (unpaired) electrons. The number of hydrogen-bond acceptors (Lipinski definition) is 4. The highest BCUT2D eigenvalue weighted by atomic mass is 16.5. The van der Waals surface area contributed by atoms with Gasteiger partial charge in [0, 0.05) is 23.8 Å². The fraction of sp³-hybridized carbons (Fsp3) is 0.471. The molecular weight excluding hydrogens is 291 g/mol. The van der Waals surface area contributed by atoms with E-state index in [4.69, 9.17) is 9.39 Å². The largest absolute Gasteiger partial charge is 0.552 e. The van der Waals surface area contributed by atoms with Crippen molar-refractivity contribution < 1.29 is 14.4 Å². The number of rotatable bonds is 3. The van der Waals surface area contributed by atoms with E-state index in [-0.39, 0.29) is 0 Å². The number of nitrogens with zero attached hydrogens (tertiary/aromatic N) is 1. The summed E-state index contributed by atoms with van der Waals surface area (Å²) in [5.74, 6) is 2.97. The molecule has 5 nitrogen and oxygen atoms in total. The molecule has 3 heterocycles. The number of aromatic nitrogens is 2. The summed E-state index contributed by atoms with van der Waals surface area (Å²) >= 11 is 0. The molecule has 0 aromatic carbocycles. The summed E-state index contributed by atoms with van der Waals surface area (Å²) in [6.45, 7) is 2.83. The molecule has 1 aliphatic heterocycles. The van der Waals surface area contributed by atoms with Gasteiger partial charge in [-0.15, -0.1) is 0 Å². The van der Waals surface area contributed by atoms with Crippen molar-refractivity contribution in [2.75, 3.05) is 6.61 Å². The third-order valence-corrected chi connectivity index (χ3v) is 4.93. The van der Waals surface area contributed by atoms with E-state index in [1.165, 1.54) is 5.57 Å². The zero-order chi connectivity index (χ0) is 15.8. The molecule has 2 aromatic rings. The minimum Gasteiger partial charge on any atom is -0.531 e. The Morgan fingerprint density at radius 1 is 1.39 bits per heavy atom. The van der Waals surface area contributed by atoms with E-state index < -0.39 is 7.12 Å². The lowest BCUT2D eigenvalue weighted by Crippen LogP contribution is -2.28. The van der Waals surface area contributed by atoms with Crippen molar-refractivity contribution in [3.8, 4) is 5.75 Å². The monoisotopic (exact) mass is 312 g/mol. The Bertz CT molecular complexity index is 735. The molecule has 23 heavy (non-hydrogen) atoms. The summed E-state index contributed by atoms with van der Waals surface area (Å²) in [5.41, 5.74) is 3.14. The van der Waals surface area contributed by atoms with Gasteiger partial charge in [0.25, 0.3) is 0 Å². The first-order valence-electron chi connectivity index (χ1n) is 8.40. The predicted octanol–water partition coefficient (Wildman–Crippen LogP) is 2.95. The first-order valence-corrected chi connectivity index (χ1v) is 8.40. The van der Waals surface area contributed by atoms with Crippen LogP contribution >= 0.6 is 0 Å². The zero-order valence-corrected chi connectivity index (χ0v) is 13.3. The van der Waals surface area contributed by atoms with Gasteiger partial charge in [0.15, 0.2) is 0 Å². The summed E-state index contributed by atoms with van der Waals surface area (Å²) < 4.78 is 11.3. The summed E-state index contributed by atoms with van der Waals surface area (Å²) in [5, 5.41) is 11.1. The minimum absolute atomic E-state index is 0.380. The number of allylic oxidation sites excluding steroid dienone is 1. The quantitative estimate of drug-likeness (QED) is 0.855. The highest BCUT2D eigenvalue weighted by Crippen LogP contribution is 2.44. The van der Waals surface area contributed by atoms with Crippen molar-refractivity contribution in [2.45, 2.75) is 38.7 Å². The Labute approximate surface area is 135 Å². The van der Waals surface area contributed by atoms with Gasteiger partial charge in [-0.2, -0.15) is 0 Å². The lowest BCUT2D eigenvalue weighted by molar-refractivity contribution is 0.0311. The van der Waals surface area contributed by atoms with Crippen LogP contribution in [0.3, 0.4) is 0 Å². The fourth-order valence-electron chi connectivity index (χ4n) is 3.89. The van der Waals surface area contributed by atoms with E-state index in [2.05, 4.69) is 16.9 Å². The average molecular weight is 312 g/mol. The molecule has 0 saturated heterocycles. The number of ether oxygens (including phenoxy) is 1. The van der Waals surface area contributed by atoms with Gasteiger partial charge in [0.1, 0.15) is 11.4 Å². The van der Waals surface area contributed by atoms with Gasteiger partial charge >= 0.3 is 7.12 Å². The molecule has 0 bridgehead atoms. The van der Waals surface area contributed by atoms with Gasteiger partial charge in [-0.1, -0.05) is 0 Å². The fourth-order valence-corrected chi connectivity index (χ4v) is 3.89. The molecule has 120 valence electrons. The Morgan fingerprint density at radius 3 is 3.00 bits per heavy atom. The van der Waals surface area contributed by atoms with Crippen LogP contribution in [0.25, 0.3) is 16.6 Å². The third kappa shape index (κ3) is 2.66. The molecule has 2 aromatic heterocycles. The molecule has 2 N–H and O–H groups in total. The lowest BCUT2D eigenvalue weighted by Gasteiger charge is -2.32. The van der Waals surface area contributed by atoms with E-state index in [0.29, 0.717) is 17.8 Å². The van der Waals surface area contributed by atoms with E-state index in [9.17, 15) is 5.02 Å². The lowest BCUT2D eigenvalue weighted by atomic mass is 9.72. The second-order valence-electron chi connectivity index (χ2n) is 6.30. The molecule has 1 saturated carbocycles. The van der Waals surface area contributed by atoms with Gasteiger partial charge in [-0.25, -0.2) is 4.98 Å². The minimum atomic E-state index is -0.889. The SMILES string of the molecule is CCOC1CCC(C2=CB(O)Oc3cnc4[nH]ccc4c32)CC1. The number of pyridine rings is 1. The molecule has 0 amide bonds. The topological polar surface area (TPSA) is 67.4 Å². The van der Waals surface area contributed by atoms with Crippen molar-refractivity contribution in [1.29, 1.82) is 0 Å². The second-order valence-corrected chi connectivity index (χ2v) is 6.30. The van der Waals surface area contributed by atoms with Crippen molar-refractivity contribution in [3.05, 3.63) is 30.0 Å².